The van der Waals surface area contributed by atoms with E-state index in [1.165, 1.54) is 11.1 Å². The predicted octanol–water partition coefficient (Wildman–Crippen LogP) is 5.30. The highest BCUT2D eigenvalue weighted by atomic mass is 16.5. The topological polar surface area (TPSA) is 56.0 Å². The molecule has 1 aromatic carbocycles. The molecule has 0 saturated carbocycles. The Bertz CT molecular complexity index is 905. The fourth-order valence-electron chi connectivity index (χ4n) is 4.09. The van der Waals surface area contributed by atoms with Crippen molar-refractivity contribution in [1.29, 1.82) is 0 Å². The number of rotatable bonds is 11. The molecular formula is C25H31N3O3. The van der Waals surface area contributed by atoms with Crippen LogP contribution in [0, 0.1) is 6.57 Å². The standard InChI is InChI=1S/C25H31N3O3/c1-4-13-28(24-12-9-21(26-3)18-27-24)14-6-15-31-22-10-11-23-19(16-22)7-8-20(23)17-25(29)30-5-2/h9-12,16,18,20H,4-8,13-15,17H2,1-2H3/t20-/m0/s1. The fraction of sp³-hybridized carbons (Fsp3) is 0.480. The molecule has 0 aliphatic heterocycles. The number of carbonyl (C=O) groups is 1. The average molecular weight is 422 g/mol. The molecule has 1 aliphatic rings. The maximum absolute atomic E-state index is 11.8. The van der Waals surface area contributed by atoms with E-state index in [-0.39, 0.29) is 11.9 Å². The van der Waals surface area contributed by atoms with Crippen LogP contribution in [0.4, 0.5) is 11.5 Å². The Morgan fingerprint density at radius 1 is 1.26 bits per heavy atom. The van der Waals surface area contributed by atoms with E-state index in [0.717, 1.165) is 50.3 Å². The monoisotopic (exact) mass is 421 g/mol. The van der Waals surface area contributed by atoms with Crippen LogP contribution in [0.1, 0.15) is 56.6 Å². The van der Waals surface area contributed by atoms with Gasteiger partial charge in [-0.2, -0.15) is 0 Å². The Kier molecular flexibility index (Phi) is 8.28. The van der Waals surface area contributed by atoms with Gasteiger partial charge in [0.25, 0.3) is 0 Å². The summed E-state index contributed by atoms with van der Waals surface area (Å²) in [6.45, 7) is 13.9. The van der Waals surface area contributed by atoms with E-state index in [1.54, 1.807) is 6.20 Å². The number of carbonyl (C=O) groups excluding carboxylic acids is 1. The summed E-state index contributed by atoms with van der Waals surface area (Å²) < 4.78 is 11.1. The number of hydrogen-bond donors (Lipinski definition) is 0. The second-order valence-electron chi connectivity index (χ2n) is 7.78. The zero-order chi connectivity index (χ0) is 22.1. The van der Waals surface area contributed by atoms with Crippen molar-refractivity contribution in [2.45, 2.75) is 51.9 Å². The van der Waals surface area contributed by atoms with Crippen molar-refractivity contribution in [2.75, 3.05) is 31.2 Å². The molecule has 1 atom stereocenters. The maximum atomic E-state index is 11.8. The normalized spacial score (nSPS) is 14.5. The molecule has 6 nitrogen and oxygen atoms in total. The first-order chi connectivity index (χ1) is 15.1. The Labute approximate surface area is 185 Å². The second kappa shape index (κ2) is 11.4. The van der Waals surface area contributed by atoms with Crippen molar-refractivity contribution in [3.8, 4) is 5.75 Å². The molecule has 0 saturated heterocycles. The summed E-state index contributed by atoms with van der Waals surface area (Å²) >= 11 is 0. The first-order valence-corrected chi connectivity index (χ1v) is 11.1. The Morgan fingerprint density at radius 2 is 2.13 bits per heavy atom. The third-order valence-electron chi connectivity index (χ3n) is 5.55. The van der Waals surface area contributed by atoms with E-state index >= 15 is 0 Å². The molecular weight excluding hydrogens is 390 g/mol. The van der Waals surface area contributed by atoms with Crippen molar-refractivity contribution >= 4 is 17.5 Å². The fourth-order valence-corrected chi connectivity index (χ4v) is 4.09. The molecule has 0 spiro atoms. The molecule has 0 amide bonds. The van der Waals surface area contributed by atoms with E-state index in [4.69, 9.17) is 16.0 Å². The van der Waals surface area contributed by atoms with Crippen molar-refractivity contribution < 1.29 is 14.3 Å². The highest BCUT2D eigenvalue weighted by Crippen LogP contribution is 2.37. The third-order valence-corrected chi connectivity index (χ3v) is 5.55. The minimum absolute atomic E-state index is 0.115. The van der Waals surface area contributed by atoms with Crippen LogP contribution in [0.15, 0.2) is 36.5 Å². The SMILES string of the molecule is [C-]#[N+]c1ccc(N(CCC)CCCOc2ccc3c(c2)CC[C@H]3CC(=O)OCC)nc1. The highest BCUT2D eigenvalue weighted by Gasteiger charge is 2.25. The van der Waals surface area contributed by atoms with E-state index in [9.17, 15) is 4.79 Å². The van der Waals surface area contributed by atoms with Gasteiger partial charge in [-0.15, -0.1) is 0 Å². The minimum Gasteiger partial charge on any atom is -0.494 e. The zero-order valence-electron chi connectivity index (χ0n) is 18.5. The molecule has 0 N–H and O–H groups in total. The molecule has 0 radical (unpaired) electrons. The zero-order valence-corrected chi connectivity index (χ0v) is 18.5. The minimum atomic E-state index is -0.115. The lowest BCUT2D eigenvalue weighted by molar-refractivity contribution is -0.143. The molecule has 1 heterocycles. The van der Waals surface area contributed by atoms with Crippen LogP contribution in [-0.2, 0) is 16.0 Å². The number of aryl methyl sites for hydroxylation is 1. The van der Waals surface area contributed by atoms with Crippen LogP contribution in [0.5, 0.6) is 5.75 Å². The van der Waals surface area contributed by atoms with Crippen LogP contribution >= 0.6 is 0 Å². The molecule has 6 heteroatoms. The first-order valence-electron chi connectivity index (χ1n) is 11.1. The number of nitrogens with zero attached hydrogens (tertiary/aromatic N) is 3. The molecule has 31 heavy (non-hydrogen) atoms. The number of hydrogen-bond acceptors (Lipinski definition) is 5. The van der Waals surface area contributed by atoms with Crippen molar-refractivity contribution in [1.82, 2.24) is 4.98 Å². The van der Waals surface area contributed by atoms with Gasteiger partial charge in [-0.1, -0.05) is 19.1 Å². The smallest absolute Gasteiger partial charge is 0.306 e. The van der Waals surface area contributed by atoms with Crippen molar-refractivity contribution in [2.24, 2.45) is 0 Å². The van der Waals surface area contributed by atoms with Crippen LogP contribution < -0.4 is 9.64 Å². The van der Waals surface area contributed by atoms with Gasteiger partial charge in [0.1, 0.15) is 11.6 Å². The third kappa shape index (κ3) is 6.21. The van der Waals surface area contributed by atoms with Gasteiger partial charge >= 0.3 is 5.97 Å². The quantitative estimate of drug-likeness (QED) is 0.280. The Hall–Kier alpha value is -3.07. The Balaban J connectivity index is 1.50. The summed E-state index contributed by atoms with van der Waals surface area (Å²) in [6.07, 6.45) is 5.97. The average Bonchev–Trinajstić information content (AvgIpc) is 3.18. The van der Waals surface area contributed by atoms with Gasteiger partial charge in [-0.25, -0.2) is 4.85 Å². The lowest BCUT2D eigenvalue weighted by atomic mass is 9.98. The Morgan fingerprint density at radius 3 is 2.84 bits per heavy atom. The van der Waals surface area contributed by atoms with E-state index in [2.05, 4.69) is 33.8 Å². The number of aromatic nitrogens is 1. The van der Waals surface area contributed by atoms with Gasteiger partial charge in [0.05, 0.1) is 26.2 Å². The predicted molar refractivity (Wildman–Crippen MR) is 122 cm³/mol. The van der Waals surface area contributed by atoms with E-state index in [0.29, 0.717) is 25.3 Å². The van der Waals surface area contributed by atoms with Crippen LogP contribution in [0.25, 0.3) is 4.85 Å². The van der Waals surface area contributed by atoms with Gasteiger partial charge in [0.15, 0.2) is 0 Å². The summed E-state index contributed by atoms with van der Waals surface area (Å²) in [5.74, 6) is 1.93. The lowest BCUT2D eigenvalue weighted by Crippen LogP contribution is -2.27. The summed E-state index contributed by atoms with van der Waals surface area (Å²) in [5, 5.41) is 0. The van der Waals surface area contributed by atoms with Gasteiger partial charge in [0, 0.05) is 19.3 Å². The molecule has 2 aromatic rings. The number of benzene rings is 1. The molecule has 164 valence electrons. The lowest BCUT2D eigenvalue weighted by Gasteiger charge is -2.23. The number of ether oxygens (including phenoxy) is 2. The summed E-state index contributed by atoms with van der Waals surface area (Å²) in [6, 6.07) is 9.96. The van der Waals surface area contributed by atoms with Crippen LogP contribution in [0.3, 0.4) is 0 Å². The molecule has 0 fully saturated rings. The molecule has 1 aromatic heterocycles. The van der Waals surface area contributed by atoms with Gasteiger partial charge < -0.3 is 14.4 Å². The van der Waals surface area contributed by atoms with Crippen molar-refractivity contribution in [3.63, 3.8) is 0 Å². The first kappa shape index (κ1) is 22.6. The largest absolute Gasteiger partial charge is 0.494 e. The highest BCUT2D eigenvalue weighted by molar-refractivity contribution is 5.71. The number of fused-ring (bicyclic) bond motifs is 1. The van der Waals surface area contributed by atoms with E-state index in [1.807, 2.05) is 25.1 Å². The number of pyridine rings is 1. The summed E-state index contributed by atoms with van der Waals surface area (Å²) in [5.41, 5.74) is 3.09. The molecule has 3 rings (SSSR count). The molecule has 1 aliphatic carbocycles. The number of anilines is 1. The number of esters is 1. The summed E-state index contributed by atoms with van der Waals surface area (Å²) in [7, 11) is 0. The van der Waals surface area contributed by atoms with Gasteiger partial charge in [-0.05, 0) is 67.9 Å². The molecule has 0 unspecified atom stereocenters. The van der Waals surface area contributed by atoms with Gasteiger partial charge in [-0.3, -0.25) is 9.78 Å². The van der Waals surface area contributed by atoms with Gasteiger partial charge in [0.2, 0.25) is 5.69 Å². The van der Waals surface area contributed by atoms with Crippen molar-refractivity contribution in [3.05, 3.63) is 59.1 Å². The molecule has 0 bridgehead atoms. The maximum Gasteiger partial charge on any atom is 0.306 e. The van der Waals surface area contributed by atoms with Crippen LogP contribution in [0.2, 0.25) is 0 Å². The van der Waals surface area contributed by atoms with Crippen LogP contribution in [-0.4, -0.2) is 37.3 Å². The van der Waals surface area contributed by atoms with E-state index < -0.39 is 0 Å². The second-order valence-corrected chi connectivity index (χ2v) is 7.78. The summed E-state index contributed by atoms with van der Waals surface area (Å²) in [4.78, 5) is 21.9.